The van der Waals surface area contributed by atoms with Gasteiger partial charge >= 0.3 is 0 Å². The van der Waals surface area contributed by atoms with E-state index in [0.29, 0.717) is 12.0 Å². The molecule has 0 saturated carbocycles. The van der Waals surface area contributed by atoms with Gasteiger partial charge in [0.1, 0.15) is 11.6 Å². The van der Waals surface area contributed by atoms with Crippen LogP contribution in [-0.4, -0.2) is 12.6 Å². The van der Waals surface area contributed by atoms with Crippen LogP contribution >= 0.6 is 0 Å². The van der Waals surface area contributed by atoms with Crippen molar-refractivity contribution in [2.45, 2.75) is 32.7 Å². The van der Waals surface area contributed by atoms with Crippen LogP contribution in [-0.2, 0) is 6.42 Å². The van der Waals surface area contributed by atoms with Gasteiger partial charge in [-0.25, -0.2) is 8.78 Å². The van der Waals surface area contributed by atoms with Crippen LogP contribution in [0, 0.1) is 11.6 Å². The summed E-state index contributed by atoms with van der Waals surface area (Å²) < 4.78 is 26.3. The van der Waals surface area contributed by atoms with Gasteiger partial charge in [-0.15, -0.1) is 0 Å². The maximum Gasteiger partial charge on any atom is 0.129 e. The lowest BCUT2D eigenvalue weighted by Gasteiger charge is -2.19. The summed E-state index contributed by atoms with van der Waals surface area (Å²) in [5.74, 6) is -1.03. The van der Waals surface area contributed by atoms with Gasteiger partial charge in [0.25, 0.3) is 0 Å². The fourth-order valence-electron chi connectivity index (χ4n) is 1.65. The monoisotopic (exact) mass is 239 g/mol. The zero-order chi connectivity index (χ0) is 12.8. The van der Waals surface area contributed by atoms with E-state index in [0.717, 1.165) is 24.6 Å². The van der Waals surface area contributed by atoms with E-state index in [1.807, 2.05) is 6.92 Å². The van der Waals surface area contributed by atoms with Crippen molar-refractivity contribution in [2.75, 3.05) is 6.54 Å². The molecule has 1 rings (SSSR count). The Bertz CT molecular complexity index is 388. The standard InChI is InChI=1S/C14H19F2N/c1-4-7-17-14(10(2)3)8-11-5-6-12(15)9-13(11)16/h5-6,9,14,17H,2,4,7-8H2,1,3H3. The van der Waals surface area contributed by atoms with Gasteiger partial charge in [0.05, 0.1) is 0 Å². The summed E-state index contributed by atoms with van der Waals surface area (Å²) in [7, 11) is 0. The summed E-state index contributed by atoms with van der Waals surface area (Å²) >= 11 is 0. The lowest BCUT2D eigenvalue weighted by atomic mass is 10.0. The second-order valence-corrected chi connectivity index (χ2v) is 4.29. The summed E-state index contributed by atoms with van der Waals surface area (Å²) in [5.41, 5.74) is 1.48. The minimum absolute atomic E-state index is 0.0370. The Balaban J connectivity index is 2.75. The maximum absolute atomic E-state index is 13.5. The molecule has 0 radical (unpaired) electrons. The largest absolute Gasteiger partial charge is 0.310 e. The molecule has 0 fully saturated rings. The fraction of sp³-hybridized carbons (Fsp3) is 0.429. The average Bonchev–Trinajstić information content (AvgIpc) is 2.26. The third-order valence-electron chi connectivity index (χ3n) is 2.67. The topological polar surface area (TPSA) is 12.0 Å². The van der Waals surface area contributed by atoms with Gasteiger partial charge in [-0.1, -0.05) is 25.1 Å². The zero-order valence-electron chi connectivity index (χ0n) is 10.4. The molecule has 0 bridgehead atoms. The Kier molecular flexibility index (Phi) is 5.29. The first kappa shape index (κ1) is 13.8. The maximum atomic E-state index is 13.5. The first-order valence-corrected chi connectivity index (χ1v) is 5.87. The highest BCUT2D eigenvalue weighted by Gasteiger charge is 2.12. The number of benzene rings is 1. The van der Waals surface area contributed by atoms with E-state index in [1.54, 1.807) is 0 Å². The molecule has 1 atom stereocenters. The van der Waals surface area contributed by atoms with E-state index < -0.39 is 11.6 Å². The molecule has 1 nitrogen and oxygen atoms in total. The van der Waals surface area contributed by atoms with Crippen molar-refractivity contribution in [2.24, 2.45) is 0 Å². The Morgan fingerprint density at radius 3 is 2.65 bits per heavy atom. The van der Waals surface area contributed by atoms with Gasteiger partial charge in [-0.05, 0) is 37.9 Å². The van der Waals surface area contributed by atoms with Crippen LogP contribution in [0.3, 0.4) is 0 Å². The SMILES string of the molecule is C=C(C)C(Cc1ccc(F)cc1F)NCCC. The van der Waals surface area contributed by atoms with E-state index in [2.05, 4.69) is 18.8 Å². The van der Waals surface area contributed by atoms with Gasteiger partial charge in [0, 0.05) is 12.1 Å². The number of hydrogen-bond acceptors (Lipinski definition) is 1. The van der Waals surface area contributed by atoms with Crippen LogP contribution < -0.4 is 5.32 Å². The third kappa shape index (κ3) is 4.27. The van der Waals surface area contributed by atoms with Crippen LogP contribution in [0.4, 0.5) is 8.78 Å². The predicted octanol–water partition coefficient (Wildman–Crippen LogP) is 3.45. The smallest absolute Gasteiger partial charge is 0.129 e. The molecule has 0 spiro atoms. The van der Waals surface area contributed by atoms with Crippen LogP contribution in [0.5, 0.6) is 0 Å². The quantitative estimate of drug-likeness (QED) is 0.750. The Morgan fingerprint density at radius 2 is 2.12 bits per heavy atom. The van der Waals surface area contributed by atoms with Crippen molar-refractivity contribution >= 4 is 0 Å². The molecule has 0 aliphatic rings. The first-order chi connectivity index (χ1) is 8.04. The highest BCUT2D eigenvalue weighted by Crippen LogP contribution is 2.14. The second-order valence-electron chi connectivity index (χ2n) is 4.29. The molecule has 1 aromatic rings. The Labute approximate surface area is 102 Å². The minimum Gasteiger partial charge on any atom is -0.310 e. The van der Waals surface area contributed by atoms with Crippen molar-refractivity contribution in [3.05, 3.63) is 47.5 Å². The molecule has 17 heavy (non-hydrogen) atoms. The number of nitrogens with one attached hydrogen (secondary N) is 1. The van der Waals surface area contributed by atoms with Crippen molar-refractivity contribution in [1.82, 2.24) is 5.32 Å². The van der Waals surface area contributed by atoms with E-state index in [-0.39, 0.29) is 6.04 Å². The van der Waals surface area contributed by atoms with Gasteiger partial charge < -0.3 is 5.32 Å². The van der Waals surface area contributed by atoms with E-state index >= 15 is 0 Å². The molecule has 94 valence electrons. The minimum atomic E-state index is -0.542. The molecule has 0 heterocycles. The summed E-state index contributed by atoms with van der Waals surface area (Å²) in [6, 6.07) is 3.74. The summed E-state index contributed by atoms with van der Waals surface area (Å²) in [6.45, 7) is 8.74. The molecule has 0 saturated heterocycles. The van der Waals surface area contributed by atoms with Gasteiger partial charge in [0.2, 0.25) is 0 Å². The zero-order valence-corrected chi connectivity index (χ0v) is 10.4. The molecule has 0 aliphatic carbocycles. The van der Waals surface area contributed by atoms with Gasteiger partial charge in [-0.3, -0.25) is 0 Å². The molecule has 3 heteroatoms. The number of rotatable bonds is 6. The van der Waals surface area contributed by atoms with Crippen LogP contribution in [0.15, 0.2) is 30.4 Å². The van der Waals surface area contributed by atoms with Crippen molar-refractivity contribution in [3.8, 4) is 0 Å². The van der Waals surface area contributed by atoms with Crippen LogP contribution in [0.1, 0.15) is 25.8 Å². The van der Waals surface area contributed by atoms with Crippen LogP contribution in [0.25, 0.3) is 0 Å². The van der Waals surface area contributed by atoms with E-state index in [1.165, 1.54) is 12.1 Å². The third-order valence-corrected chi connectivity index (χ3v) is 2.67. The molecule has 0 amide bonds. The molecule has 1 N–H and O–H groups in total. The molecule has 1 unspecified atom stereocenters. The molecule has 0 aromatic heterocycles. The van der Waals surface area contributed by atoms with Crippen molar-refractivity contribution < 1.29 is 8.78 Å². The highest BCUT2D eigenvalue weighted by molar-refractivity contribution is 5.22. The Hall–Kier alpha value is -1.22. The van der Waals surface area contributed by atoms with Crippen molar-refractivity contribution in [3.63, 3.8) is 0 Å². The molecule has 1 aromatic carbocycles. The average molecular weight is 239 g/mol. The second kappa shape index (κ2) is 6.50. The van der Waals surface area contributed by atoms with Crippen LogP contribution in [0.2, 0.25) is 0 Å². The van der Waals surface area contributed by atoms with Gasteiger partial charge in [-0.2, -0.15) is 0 Å². The normalized spacial score (nSPS) is 12.5. The lowest BCUT2D eigenvalue weighted by molar-refractivity contribution is 0.533. The molecule has 0 aliphatic heterocycles. The number of hydrogen-bond donors (Lipinski definition) is 1. The predicted molar refractivity (Wildman–Crippen MR) is 67.0 cm³/mol. The fourth-order valence-corrected chi connectivity index (χ4v) is 1.65. The summed E-state index contributed by atoms with van der Waals surface area (Å²) in [4.78, 5) is 0. The van der Waals surface area contributed by atoms with E-state index in [9.17, 15) is 8.78 Å². The molecular formula is C14H19F2N. The van der Waals surface area contributed by atoms with Crippen molar-refractivity contribution in [1.29, 1.82) is 0 Å². The first-order valence-electron chi connectivity index (χ1n) is 5.87. The summed E-state index contributed by atoms with van der Waals surface area (Å²) in [6.07, 6.45) is 1.51. The summed E-state index contributed by atoms with van der Waals surface area (Å²) in [5, 5.41) is 3.30. The number of halogens is 2. The van der Waals surface area contributed by atoms with E-state index in [4.69, 9.17) is 0 Å². The Morgan fingerprint density at radius 1 is 1.41 bits per heavy atom. The van der Waals surface area contributed by atoms with Gasteiger partial charge in [0.15, 0.2) is 0 Å². The lowest BCUT2D eigenvalue weighted by Crippen LogP contribution is -2.32. The molecular weight excluding hydrogens is 220 g/mol. The highest BCUT2D eigenvalue weighted by atomic mass is 19.1.